The Morgan fingerprint density at radius 2 is 1.83 bits per heavy atom. The van der Waals surface area contributed by atoms with Gasteiger partial charge in [-0.2, -0.15) is 0 Å². The molecule has 100 valence electrons. The van der Waals surface area contributed by atoms with Gasteiger partial charge in [-0.25, -0.2) is 0 Å². The third-order valence-electron chi connectivity index (χ3n) is 3.49. The van der Waals surface area contributed by atoms with Gasteiger partial charge in [0.2, 0.25) is 0 Å². The third-order valence-corrected chi connectivity index (χ3v) is 3.49. The van der Waals surface area contributed by atoms with Crippen molar-refractivity contribution in [1.82, 2.24) is 4.90 Å². The van der Waals surface area contributed by atoms with Crippen LogP contribution in [0.5, 0.6) is 0 Å². The molecule has 0 unspecified atom stereocenters. The van der Waals surface area contributed by atoms with E-state index in [-0.39, 0.29) is 5.91 Å². The Balaban J connectivity index is 2.83. The average molecular weight is 248 g/mol. The first-order chi connectivity index (χ1) is 8.63. The molecule has 1 amide bonds. The van der Waals surface area contributed by atoms with E-state index in [1.165, 1.54) is 0 Å². The molecule has 0 bridgehead atoms. The molecule has 0 spiro atoms. The Hall–Kier alpha value is -1.51. The molecular formula is C15H24N2O. The van der Waals surface area contributed by atoms with Crippen LogP contribution in [0.25, 0.3) is 0 Å². The maximum atomic E-state index is 12.4. The summed E-state index contributed by atoms with van der Waals surface area (Å²) in [5.74, 6) is 0.612. The Labute approximate surface area is 110 Å². The molecule has 0 fully saturated rings. The van der Waals surface area contributed by atoms with E-state index in [0.29, 0.717) is 17.2 Å². The van der Waals surface area contributed by atoms with Gasteiger partial charge in [0, 0.05) is 18.8 Å². The number of amides is 1. The Bertz CT molecular complexity index is 386. The first-order valence-electron chi connectivity index (χ1n) is 6.77. The summed E-state index contributed by atoms with van der Waals surface area (Å²) in [6, 6.07) is 7.28. The topological polar surface area (TPSA) is 46.3 Å². The van der Waals surface area contributed by atoms with E-state index >= 15 is 0 Å². The maximum absolute atomic E-state index is 12.4. The van der Waals surface area contributed by atoms with E-state index in [4.69, 9.17) is 5.73 Å². The molecule has 0 saturated heterocycles. The molecule has 3 nitrogen and oxygen atoms in total. The highest BCUT2D eigenvalue weighted by Crippen LogP contribution is 2.16. The van der Waals surface area contributed by atoms with Crippen LogP contribution in [0.15, 0.2) is 24.3 Å². The summed E-state index contributed by atoms with van der Waals surface area (Å²) >= 11 is 0. The van der Waals surface area contributed by atoms with Crippen LogP contribution in [0.1, 0.15) is 44.0 Å². The fourth-order valence-electron chi connectivity index (χ4n) is 2.08. The molecular weight excluding hydrogens is 224 g/mol. The first-order valence-corrected chi connectivity index (χ1v) is 6.77. The van der Waals surface area contributed by atoms with Crippen molar-refractivity contribution in [3.05, 3.63) is 29.8 Å². The van der Waals surface area contributed by atoms with Gasteiger partial charge in [0.25, 0.3) is 5.91 Å². The summed E-state index contributed by atoms with van der Waals surface area (Å²) in [7, 11) is 0. The van der Waals surface area contributed by atoms with Gasteiger partial charge in [-0.15, -0.1) is 0 Å². The van der Waals surface area contributed by atoms with Gasteiger partial charge in [-0.1, -0.05) is 38.8 Å². The zero-order valence-electron chi connectivity index (χ0n) is 11.6. The summed E-state index contributed by atoms with van der Waals surface area (Å²) in [5, 5.41) is 0. The van der Waals surface area contributed by atoms with Gasteiger partial charge in [0.05, 0.1) is 5.56 Å². The van der Waals surface area contributed by atoms with Crippen molar-refractivity contribution in [2.75, 3.05) is 18.8 Å². The van der Waals surface area contributed by atoms with Crippen LogP contribution in [0.2, 0.25) is 0 Å². The van der Waals surface area contributed by atoms with Gasteiger partial charge < -0.3 is 10.6 Å². The lowest BCUT2D eigenvalue weighted by Gasteiger charge is -2.26. The number of hydrogen-bond acceptors (Lipinski definition) is 2. The van der Waals surface area contributed by atoms with Crippen molar-refractivity contribution in [2.45, 2.75) is 33.6 Å². The normalized spacial score (nSPS) is 10.7. The van der Waals surface area contributed by atoms with E-state index in [1.54, 1.807) is 12.1 Å². The lowest BCUT2D eigenvalue weighted by Crippen LogP contribution is -2.35. The highest BCUT2D eigenvalue weighted by molar-refractivity contribution is 5.99. The van der Waals surface area contributed by atoms with Crippen LogP contribution in [0, 0.1) is 5.92 Å². The molecule has 1 aromatic rings. The lowest BCUT2D eigenvalue weighted by molar-refractivity contribution is 0.0736. The van der Waals surface area contributed by atoms with E-state index < -0.39 is 0 Å². The monoisotopic (exact) mass is 248 g/mol. The van der Waals surface area contributed by atoms with Crippen molar-refractivity contribution in [2.24, 2.45) is 5.92 Å². The van der Waals surface area contributed by atoms with Gasteiger partial charge in [-0.05, 0) is 25.0 Å². The molecule has 0 aliphatic carbocycles. The molecule has 2 N–H and O–H groups in total. The summed E-state index contributed by atoms with van der Waals surface area (Å²) in [6.07, 6.45) is 2.20. The molecule has 0 atom stereocenters. The zero-order valence-corrected chi connectivity index (χ0v) is 11.6. The molecule has 0 radical (unpaired) electrons. The van der Waals surface area contributed by atoms with Gasteiger partial charge in [0.1, 0.15) is 0 Å². The van der Waals surface area contributed by atoms with Crippen molar-refractivity contribution in [3.8, 4) is 0 Å². The highest BCUT2D eigenvalue weighted by Gasteiger charge is 2.18. The minimum absolute atomic E-state index is 0.0440. The predicted molar refractivity (Wildman–Crippen MR) is 76.5 cm³/mol. The number of nitrogens with two attached hydrogens (primary N) is 1. The van der Waals surface area contributed by atoms with Crippen LogP contribution in [-0.2, 0) is 0 Å². The molecule has 0 heterocycles. The van der Waals surface area contributed by atoms with E-state index in [9.17, 15) is 4.79 Å². The molecule has 3 heteroatoms. The summed E-state index contributed by atoms with van der Waals surface area (Å²) in [4.78, 5) is 14.3. The Morgan fingerprint density at radius 1 is 1.22 bits per heavy atom. The number of nitrogens with zero attached hydrogens (tertiary/aromatic N) is 1. The largest absolute Gasteiger partial charge is 0.398 e. The van der Waals surface area contributed by atoms with Crippen LogP contribution in [0.4, 0.5) is 5.69 Å². The second-order valence-electron chi connectivity index (χ2n) is 4.61. The third kappa shape index (κ3) is 3.49. The number of nitrogen functional groups attached to an aromatic ring is 1. The second-order valence-corrected chi connectivity index (χ2v) is 4.61. The fourth-order valence-corrected chi connectivity index (χ4v) is 2.08. The summed E-state index contributed by atoms with van der Waals surface area (Å²) < 4.78 is 0. The standard InChI is InChI=1S/C15H24N2O/c1-4-12(5-2)11-17(6-3)15(18)13-9-7-8-10-14(13)16/h7-10,12H,4-6,11,16H2,1-3H3. The minimum Gasteiger partial charge on any atom is -0.398 e. The van der Waals surface area contributed by atoms with Crippen LogP contribution in [-0.4, -0.2) is 23.9 Å². The number of carbonyl (C=O) groups excluding carboxylic acids is 1. The van der Waals surface area contributed by atoms with Crippen molar-refractivity contribution >= 4 is 11.6 Å². The highest BCUT2D eigenvalue weighted by atomic mass is 16.2. The van der Waals surface area contributed by atoms with Crippen molar-refractivity contribution < 1.29 is 4.79 Å². The van der Waals surface area contributed by atoms with E-state index in [2.05, 4.69) is 13.8 Å². The second kappa shape index (κ2) is 7.04. The first kappa shape index (κ1) is 14.6. The Kier molecular flexibility index (Phi) is 5.69. The molecule has 18 heavy (non-hydrogen) atoms. The van der Waals surface area contributed by atoms with E-state index in [1.807, 2.05) is 24.0 Å². The van der Waals surface area contributed by atoms with Gasteiger partial charge >= 0.3 is 0 Å². The Morgan fingerprint density at radius 3 is 2.33 bits per heavy atom. The average Bonchev–Trinajstić information content (AvgIpc) is 2.40. The number of benzene rings is 1. The molecule has 1 aromatic carbocycles. The number of anilines is 1. The molecule has 0 aromatic heterocycles. The van der Waals surface area contributed by atoms with Gasteiger partial charge in [-0.3, -0.25) is 4.79 Å². The number of hydrogen-bond donors (Lipinski definition) is 1. The van der Waals surface area contributed by atoms with E-state index in [0.717, 1.165) is 25.9 Å². The summed E-state index contributed by atoms with van der Waals surface area (Å²) in [6.45, 7) is 7.90. The number of carbonyl (C=O) groups is 1. The molecule has 0 aliphatic heterocycles. The molecule has 0 saturated carbocycles. The quantitative estimate of drug-likeness (QED) is 0.786. The van der Waals surface area contributed by atoms with Crippen LogP contribution >= 0.6 is 0 Å². The molecule has 0 aliphatic rings. The zero-order chi connectivity index (χ0) is 13.5. The van der Waals surface area contributed by atoms with Crippen molar-refractivity contribution in [1.29, 1.82) is 0 Å². The number of rotatable bonds is 6. The summed E-state index contributed by atoms with van der Waals surface area (Å²) in [5.41, 5.74) is 7.04. The predicted octanol–water partition coefficient (Wildman–Crippen LogP) is 3.17. The SMILES string of the molecule is CCC(CC)CN(CC)C(=O)c1ccccc1N. The van der Waals surface area contributed by atoms with Gasteiger partial charge in [0.15, 0.2) is 0 Å². The van der Waals surface area contributed by atoms with Crippen LogP contribution in [0.3, 0.4) is 0 Å². The maximum Gasteiger partial charge on any atom is 0.255 e. The fraction of sp³-hybridized carbons (Fsp3) is 0.533. The lowest BCUT2D eigenvalue weighted by atomic mass is 10.0. The smallest absolute Gasteiger partial charge is 0.255 e. The molecule has 1 rings (SSSR count). The van der Waals surface area contributed by atoms with Crippen LogP contribution < -0.4 is 5.73 Å². The van der Waals surface area contributed by atoms with Crippen molar-refractivity contribution in [3.63, 3.8) is 0 Å². The minimum atomic E-state index is 0.0440. The number of para-hydroxylation sites is 1.